The Morgan fingerprint density at radius 1 is 0.284 bits per heavy atom. The van der Waals surface area contributed by atoms with Gasteiger partial charge in [-0.15, -0.1) is 0 Å². The van der Waals surface area contributed by atoms with Gasteiger partial charge in [0, 0.05) is 13.1 Å². The first kappa shape index (κ1) is 49.4. The van der Waals surface area contributed by atoms with E-state index >= 15 is 0 Å². The van der Waals surface area contributed by atoms with Gasteiger partial charge in [-0.1, -0.05) is 241 Å². The quantitative estimate of drug-likeness (QED) is 0.0601. The fraction of sp³-hybridized carbons (Fsp3) is 0.354. The van der Waals surface area contributed by atoms with Gasteiger partial charge < -0.3 is 11.5 Å². The second-order valence-corrected chi connectivity index (χ2v) is 19.8. The van der Waals surface area contributed by atoms with Crippen molar-refractivity contribution in [2.24, 2.45) is 23.3 Å². The third-order valence-corrected chi connectivity index (χ3v) is 15.7. The van der Waals surface area contributed by atoms with E-state index in [1.54, 1.807) is 0 Å². The first-order valence-corrected chi connectivity index (χ1v) is 25.7. The summed E-state index contributed by atoms with van der Waals surface area (Å²) in [5.74, 6) is 3.83. The van der Waals surface area contributed by atoms with E-state index < -0.39 is 0 Å². The lowest BCUT2D eigenvalue weighted by Gasteiger charge is -2.35. The highest BCUT2D eigenvalue weighted by Crippen LogP contribution is 2.48. The summed E-state index contributed by atoms with van der Waals surface area (Å²) in [5, 5.41) is 0. The van der Waals surface area contributed by atoms with Crippen LogP contribution in [0.1, 0.15) is 171 Å². The highest BCUT2D eigenvalue weighted by atomic mass is 14.5. The molecule has 0 bridgehead atoms. The van der Waals surface area contributed by atoms with Crippen molar-refractivity contribution >= 4 is 0 Å². The smallest absolute Gasteiger partial charge is 0.0178 e. The maximum absolute atomic E-state index is 6.18. The van der Waals surface area contributed by atoms with E-state index in [1.165, 1.54) is 50.1 Å². The van der Waals surface area contributed by atoms with Crippen LogP contribution in [0.5, 0.6) is 0 Å². The summed E-state index contributed by atoms with van der Waals surface area (Å²) < 4.78 is 0. The molecule has 7 rings (SSSR count). The average Bonchev–Trinajstić information content (AvgIpc) is 3.40. The van der Waals surface area contributed by atoms with Crippen molar-refractivity contribution in [2.45, 2.75) is 134 Å². The molecule has 0 saturated heterocycles. The molecule has 0 fully saturated rings. The average molecular weight is 887 g/mol. The topological polar surface area (TPSA) is 52.0 Å². The van der Waals surface area contributed by atoms with Crippen LogP contribution in [0.3, 0.4) is 0 Å². The van der Waals surface area contributed by atoms with Gasteiger partial charge in [0.25, 0.3) is 0 Å². The first-order chi connectivity index (χ1) is 32.9. The Hall–Kier alpha value is -5.54. The van der Waals surface area contributed by atoms with Gasteiger partial charge in [0.1, 0.15) is 0 Å². The highest BCUT2D eigenvalue weighted by molar-refractivity contribution is 5.33. The molecule has 8 unspecified atom stereocenters. The van der Waals surface area contributed by atoms with E-state index in [2.05, 4.69) is 228 Å². The van der Waals surface area contributed by atoms with Gasteiger partial charge in [-0.2, -0.15) is 0 Å². The van der Waals surface area contributed by atoms with Gasteiger partial charge in [-0.05, 0) is 142 Å². The third-order valence-electron chi connectivity index (χ3n) is 15.7. The predicted octanol–water partition coefficient (Wildman–Crippen LogP) is 16.8. The fourth-order valence-electron chi connectivity index (χ4n) is 11.2. The van der Waals surface area contributed by atoms with Gasteiger partial charge in [0.15, 0.2) is 0 Å². The molecule has 8 atom stereocenters. The van der Waals surface area contributed by atoms with Gasteiger partial charge in [0.05, 0.1) is 0 Å². The summed E-state index contributed by atoms with van der Waals surface area (Å²) in [5.41, 5.74) is 24.8. The summed E-state index contributed by atoms with van der Waals surface area (Å²) in [6.45, 7) is 10.8. The maximum Gasteiger partial charge on any atom is 0.0178 e. The highest BCUT2D eigenvalue weighted by Gasteiger charge is 2.32. The summed E-state index contributed by atoms with van der Waals surface area (Å²) in [6, 6.07) is 75.8. The van der Waals surface area contributed by atoms with Crippen molar-refractivity contribution < 1.29 is 0 Å². The molecule has 2 heteroatoms. The Morgan fingerprint density at radius 3 is 0.746 bits per heavy atom. The van der Waals surface area contributed by atoms with Crippen molar-refractivity contribution in [3.63, 3.8) is 0 Å². The molecule has 7 aromatic rings. The van der Waals surface area contributed by atoms with Gasteiger partial charge in [0.2, 0.25) is 0 Å². The van der Waals surface area contributed by atoms with E-state index in [0.29, 0.717) is 66.4 Å². The molecule has 0 aliphatic rings. The molecule has 348 valence electrons. The molecule has 0 aromatic heterocycles. The predicted molar refractivity (Wildman–Crippen MR) is 287 cm³/mol. The molecule has 67 heavy (non-hydrogen) atoms. The monoisotopic (exact) mass is 887 g/mol. The summed E-state index contributed by atoms with van der Waals surface area (Å²) in [6.07, 6.45) is 8.82. The number of benzene rings is 7. The van der Waals surface area contributed by atoms with Crippen LogP contribution in [-0.2, 0) is 13.1 Å². The number of nitrogens with two attached hydrogens (primary N) is 2. The summed E-state index contributed by atoms with van der Waals surface area (Å²) in [7, 11) is 0. The lowest BCUT2D eigenvalue weighted by Crippen LogP contribution is -2.19. The van der Waals surface area contributed by atoms with Crippen molar-refractivity contribution in [2.75, 3.05) is 0 Å². The van der Waals surface area contributed by atoms with Crippen LogP contribution in [0.15, 0.2) is 200 Å². The lowest BCUT2D eigenvalue weighted by molar-refractivity contribution is 0.345. The molecule has 7 aromatic carbocycles. The van der Waals surface area contributed by atoms with Crippen LogP contribution in [0.25, 0.3) is 0 Å². The standard InChI is InChI=1S/C65H78N2/c1-5-48(3)64(57-28-18-10-19-29-57)44-62(55-36-32-50(46-66)33-37-55)42-60(53-24-14-8-15-25-53)40-59(52-22-12-7-13-23-52)41-61(54-26-16-9-17-27-54)43-63(56-38-34-51(47-67)35-39-56)45-65(49(4)6-2)58-30-20-11-21-31-58/h7-39,48-49,59-65H,5-6,40-47,66-67H2,1-4H3. The zero-order chi connectivity index (χ0) is 46.8. The molecule has 2 nitrogen and oxygen atoms in total. The molecular formula is C65H78N2. The molecule has 0 saturated carbocycles. The fourth-order valence-corrected chi connectivity index (χ4v) is 11.2. The Balaban J connectivity index is 1.29. The van der Waals surface area contributed by atoms with Crippen molar-refractivity contribution in [1.82, 2.24) is 0 Å². The number of hydrogen-bond donors (Lipinski definition) is 2. The van der Waals surface area contributed by atoms with Crippen LogP contribution in [0, 0.1) is 11.8 Å². The first-order valence-electron chi connectivity index (χ1n) is 25.7. The second-order valence-electron chi connectivity index (χ2n) is 19.8. The largest absolute Gasteiger partial charge is 0.326 e. The molecule has 0 aliphatic heterocycles. The van der Waals surface area contributed by atoms with Crippen LogP contribution in [0.4, 0.5) is 0 Å². The van der Waals surface area contributed by atoms with Crippen molar-refractivity contribution in [1.29, 1.82) is 0 Å². The summed E-state index contributed by atoms with van der Waals surface area (Å²) >= 11 is 0. The van der Waals surface area contributed by atoms with E-state index in [0.717, 1.165) is 51.4 Å². The number of hydrogen-bond acceptors (Lipinski definition) is 2. The minimum atomic E-state index is 0.344. The maximum atomic E-state index is 6.18. The Labute approximate surface area is 405 Å². The van der Waals surface area contributed by atoms with E-state index in [1.807, 2.05) is 0 Å². The van der Waals surface area contributed by atoms with Crippen LogP contribution in [0.2, 0.25) is 0 Å². The Kier molecular flexibility index (Phi) is 18.8. The van der Waals surface area contributed by atoms with Crippen LogP contribution in [-0.4, -0.2) is 0 Å². The van der Waals surface area contributed by atoms with Gasteiger partial charge >= 0.3 is 0 Å². The minimum Gasteiger partial charge on any atom is -0.326 e. The Bertz CT molecular complexity index is 2240. The van der Waals surface area contributed by atoms with Gasteiger partial charge in [-0.3, -0.25) is 0 Å². The van der Waals surface area contributed by atoms with Crippen LogP contribution >= 0.6 is 0 Å². The minimum absolute atomic E-state index is 0.344. The zero-order valence-electron chi connectivity index (χ0n) is 41.0. The third kappa shape index (κ3) is 13.8. The molecule has 0 heterocycles. The zero-order valence-corrected chi connectivity index (χ0v) is 41.0. The molecule has 0 radical (unpaired) electrons. The Morgan fingerprint density at radius 2 is 0.507 bits per heavy atom. The summed E-state index contributed by atoms with van der Waals surface area (Å²) in [4.78, 5) is 0. The van der Waals surface area contributed by atoms with Crippen LogP contribution < -0.4 is 11.5 Å². The SMILES string of the molecule is CCC(C)C(CC(CC(CC(CC(CC(CC(c1ccccc1)C(C)CC)c1ccc(CN)cc1)c1ccccc1)c1ccccc1)c1ccccc1)c1ccc(CN)cc1)c1ccccc1. The second kappa shape index (κ2) is 25.6. The number of rotatable bonds is 25. The molecule has 0 amide bonds. The van der Waals surface area contributed by atoms with Crippen molar-refractivity contribution in [3.8, 4) is 0 Å². The van der Waals surface area contributed by atoms with E-state index in [9.17, 15) is 0 Å². The van der Waals surface area contributed by atoms with Gasteiger partial charge in [-0.25, -0.2) is 0 Å². The molecular weight excluding hydrogens is 809 g/mol. The van der Waals surface area contributed by atoms with E-state index in [4.69, 9.17) is 11.5 Å². The molecule has 4 N–H and O–H groups in total. The molecule has 0 spiro atoms. The molecule has 0 aliphatic carbocycles. The van der Waals surface area contributed by atoms with E-state index in [-0.39, 0.29) is 0 Å². The van der Waals surface area contributed by atoms with Crippen molar-refractivity contribution in [3.05, 3.63) is 250 Å². The lowest BCUT2D eigenvalue weighted by atomic mass is 9.70. The normalized spacial score (nSPS) is 15.7.